The quantitative estimate of drug-likeness (QED) is 0.493. The first-order valence-corrected chi connectivity index (χ1v) is 13.2. The first-order valence-electron chi connectivity index (χ1n) is 13.2. The van der Waals surface area contributed by atoms with Crippen molar-refractivity contribution in [3.8, 4) is 5.88 Å². The number of aromatic nitrogens is 1. The van der Waals surface area contributed by atoms with E-state index >= 15 is 0 Å². The van der Waals surface area contributed by atoms with Crippen molar-refractivity contribution in [2.75, 3.05) is 26.7 Å². The van der Waals surface area contributed by atoms with Gasteiger partial charge >= 0.3 is 6.18 Å². The Labute approximate surface area is 224 Å². The van der Waals surface area contributed by atoms with E-state index in [4.69, 9.17) is 4.74 Å². The van der Waals surface area contributed by atoms with Gasteiger partial charge in [0.25, 0.3) is 5.91 Å². The highest BCUT2D eigenvalue weighted by atomic mass is 19.4. The van der Waals surface area contributed by atoms with Crippen LogP contribution in [0, 0.1) is 5.41 Å². The van der Waals surface area contributed by atoms with Gasteiger partial charge in [0.05, 0.1) is 24.8 Å². The lowest BCUT2D eigenvalue weighted by Crippen LogP contribution is -2.42. The number of rotatable bonds is 7. The standard InChI is InChI=1S/C28H33F3N4O4/c1-39-23-6-5-20(15-32-23)27(38)9-7-21(8-10-27)34-22-14-26(22)11-12-35(17-26)24(36)16-33-25(37)18-3-2-4-19(13-18)28(29,30)31/h2-6,13,15,21-22,34,38H,7-12,14,16-17H2,1H3,(H,33,37). The second-order valence-electron chi connectivity index (χ2n) is 11.0. The van der Waals surface area contributed by atoms with Crippen molar-refractivity contribution in [3.63, 3.8) is 0 Å². The molecular formula is C28H33F3N4O4. The van der Waals surface area contributed by atoms with Gasteiger partial charge in [0.1, 0.15) is 0 Å². The van der Waals surface area contributed by atoms with Crippen LogP contribution in [0.4, 0.5) is 13.2 Å². The molecule has 5 rings (SSSR count). The number of aliphatic hydroxyl groups is 1. The summed E-state index contributed by atoms with van der Waals surface area (Å²) in [5.74, 6) is -0.440. The van der Waals surface area contributed by atoms with E-state index in [1.165, 1.54) is 12.1 Å². The van der Waals surface area contributed by atoms with Crippen molar-refractivity contribution in [2.24, 2.45) is 5.41 Å². The summed E-state index contributed by atoms with van der Waals surface area (Å²) in [6.45, 7) is 0.924. The number of ether oxygens (including phenoxy) is 1. The molecule has 2 saturated carbocycles. The summed E-state index contributed by atoms with van der Waals surface area (Å²) >= 11 is 0. The van der Waals surface area contributed by atoms with Gasteiger partial charge < -0.3 is 25.4 Å². The predicted molar refractivity (Wildman–Crippen MR) is 136 cm³/mol. The third-order valence-electron chi connectivity index (χ3n) is 8.51. The maximum absolute atomic E-state index is 12.9. The lowest BCUT2D eigenvalue weighted by Gasteiger charge is -2.37. The lowest BCUT2D eigenvalue weighted by atomic mass is 9.78. The topological polar surface area (TPSA) is 104 Å². The van der Waals surface area contributed by atoms with E-state index in [1.54, 1.807) is 24.3 Å². The highest BCUT2D eigenvalue weighted by Crippen LogP contribution is 2.53. The minimum atomic E-state index is -4.54. The second-order valence-corrected chi connectivity index (χ2v) is 11.0. The Hall–Kier alpha value is -3.18. The summed E-state index contributed by atoms with van der Waals surface area (Å²) < 4.78 is 43.9. The molecule has 2 atom stereocenters. The highest BCUT2D eigenvalue weighted by Gasteiger charge is 2.58. The summed E-state index contributed by atoms with van der Waals surface area (Å²) in [7, 11) is 1.56. The molecule has 1 aromatic heterocycles. The molecule has 210 valence electrons. The number of carbonyl (C=O) groups excluding carboxylic acids is 2. The maximum Gasteiger partial charge on any atom is 0.416 e. The van der Waals surface area contributed by atoms with E-state index in [0.29, 0.717) is 37.9 Å². The third kappa shape index (κ3) is 5.89. The number of pyridine rings is 1. The average molecular weight is 547 g/mol. The molecule has 1 spiro atoms. The molecule has 2 amide bonds. The first kappa shape index (κ1) is 27.4. The van der Waals surface area contributed by atoms with Gasteiger partial charge in [-0.2, -0.15) is 13.2 Å². The SMILES string of the molecule is COc1ccc(C2(O)CCC(NC3CC34CCN(C(=O)CNC(=O)c3cccc(C(F)(F)F)c3)C4)CC2)cn1. The number of hydrogen-bond acceptors (Lipinski definition) is 6. The molecule has 2 unspecified atom stereocenters. The van der Waals surface area contributed by atoms with Gasteiger partial charge in [-0.1, -0.05) is 6.07 Å². The van der Waals surface area contributed by atoms with Gasteiger partial charge in [-0.3, -0.25) is 9.59 Å². The zero-order valence-electron chi connectivity index (χ0n) is 21.8. The molecule has 3 fully saturated rings. The molecule has 39 heavy (non-hydrogen) atoms. The van der Waals surface area contributed by atoms with E-state index < -0.39 is 23.2 Å². The molecule has 0 radical (unpaired) electrons. The fourth-order valence-electron chi connectivity index (χ4n) is 5.96. The van der Waals surface area contributed by atoms with Gasteiger partial charge in [0, 0.05) is 54.0 Å². The Morgan fingerprint density at radius 3 is 2.62 bits per heavy atom. The smallest absolute Gasteiger partial charge is 0.416 e. The summed E-state index contributed by atoms with van der Waals surface area (Å²) in [4.78, 5) is 31.0. The Kier molecular flexibility index (Phi) is 7.32. The minimum Gasteiger partial charge on any atom is -0.481 e. The van der Waals surface area contributed by atoms with Crippen LogP contribution in [0.1, 0.15) is 60.0 Å². The van der Waals surface area contributed by atoms with Crippen LogP contribution < -0.4 is 15.4 Å². The largest absolute Gasteiger partial charge is 0.481 e. The van der Waals surface area contributed by atoms with Crippen LogP contribution in [0.3, 0.4) is 0 Å². The number of likely N-dealkylation sites (tertiary alicyclic amines) is 1. The van der Waals surface area contributed by atoms with Crippen molar-refractivity contribution in [3.05, 3.63) is 59.3 Å². The molecular weight excluding hydrogens is 513 g/mol. The van der Waals surface area contributed by atoms with Crippen LogP contribution >= 0.6 is 0 Å². The zero-order valence-corrected chi connectivity index (χ0v) is 21.8. The first-order chi connectivity index (χ1) is 18.5. The van der Waals surface area contributed by atoms with E-state index in [9.17, 15) is 27.9 Å². The van der Waals surface area contributed by atoms with Crippen LogP contribution in [0.25, 0.3) is 0 Å². The average Bonchev–Trinajstić information content (AvgIpc) is 3.40. The van der Waals surface area contributed by atoms with Crippen molar-refractivity contribution < 1.29 is 32.6 Å². The molecule has 2 aromatic rings. The monoisotopic (exact) mass is 546 g/mol. The number of halogens is 3. The highest BCUT2D eigenvalue weighted by molar-refractivity contribution is 5.96. The number of benzene rings is 1. The molecule has 0 bridgehead atoms. The summed E-state index contributed by atoms with van der Waals surface area (Å²) in [6, 6.07) is 8.36. The molecule has 3 N–H and O–H groups in total. The minimum absolute atomic E-state index is 0.0222. The molecule has 1 saturated heterocycles. The Morgan fingerprint density at radius 2 is 1.95 bits per heavy atom. The van der Waals surface area contributed by atoms with Crippen LogP contribution in [0.2, 0.25) is 0 Å². The van der Waals surface area contributed by atoms with Gasteiger partial charge in [-0.25, -0.2) is 4.98 Å². The molecule has 3 aliphatic rings. The number of nitrogens with one attached hydrogen (secondary N) is 2. The molecule has 1 aliphatic heterocycles. The van der Waals surface area contributed by atoms with E-state index in [2.05, 4.69) is 15.6 Å². The van der Waals surface area contributed by atoms with Crippen LogP contribution in [-0.2, 0) is 16.6 Å². The molecule has 8 nitrogen and oxygen atoms in total. The van der Waals surface area contributed by atoms with Crippen molar-refractivity contribution in [1.29, 1.82) is 0 Å². The summed E-state index contributed by atoms with van der Waals surface area (Å²) in [5.41, 5.74) is -1.11. The fourth-order valence-corrected chi connectivity index (χ4v) is 5.96. The summed E-state index contributed by atoms with van der Waals surface area (Å²) in [6.07, 6.45) is 1.90. The lowest BCUT2D eigenvalue weighted by molar-refractivity contribution is -0.137. The molecule has 2 heterocycles. The van der Waals surface area contributed by atoms with Crippen LogP contribution in [0.5, 0.6) is 5.88 Å². The van der Waals surface area contributed by atoms with Crippen molar-refractivity contribution >= 4 is 11.8 Å². The van der Waals surface area contributed by atoms with Crippen molar-refractivity contribution in [1.82, 2.24) is 20.5 Å². The van der Waals surface area contributed by atoms with Gasteiger partial charge in [-0.15, -0.1) is 0 Å². The normalized spacial score (nSPS) is 28.4. The summed E-state index contributed by atoms with van der Waals surface area (Å²) in [5, 5.41) is 17.3. The van der Waals surface area contributed by atoms with E-state index in [1.807, 2.05) is 6.07 Å². The molecule has 1 aromatic carbocycles. The van der Waals surface area contributed by atoms with Gasteiger partial charge in [0.2, 0.25) is 11.8 Å². The second kappa shape index (κ2) is 10.4. The van der Waals surface area contributed by atoms with Gasteiger partial charge in [-0.05, 0) is 62.8 Å². The number of amides is 2. The number of carbonyl (C=O) groups is 2. The van der Waals surface area contributed by atoms with Gasteiger partial charge in [0.15, 0.2) is 0 Å². The number of methoxy groups -OCH3 is 1. The number of nitrogens with zero attached hydrogens (tertiary/aromatic N) is 2. The predicted octanol–water partition coefficient (Wildman–Crippen LogP) is 3.25. The van der Waals surface area contributed by atoms with Crippen molar-refractivity contribution in [2.45, 2.75) is 62.4 Å². The Morgan fingerprint density at radius 1 is 1.18 bits per heavy atom. The Bertz CT molecular complexity index is 1210. The Balaban J connectivity index is 1.07. The number of alkyl halides is 3. The van der Waals surface area contributed by atoms with E-state index in [-0.39, 0.29) is 29.5 Å². The van der Waals surface area contributed by atoms with Crippen LogP contribution in [-0.4, -0.2) is 65.6 Å². The molecule has 2 aliphatic carbocycles. The molecule has 11 heteroatoms. The number of hydrogen-bond donors (Lipinski definition) is 3. The third-order valence-corrected chi connectivity index (χ3v) is 8.51. The van der Waals surface area contributed by atoms with Crippen LogP contribution in [0.15, 0.2) is 42.6 Å². The van der Waals surface area contributed by atoms with E-state index in [0.717, 1.165) is 43.4 Å². The fraction of sp³-hybridized carbons (Fsp3) is 0.536. The maximum atomic E-state index is 12.9. The zero-order chi connectivity index (χ0) is 27.8.